The number of benzene rings is 1. The number of rotatable bonds is 4. The fraction of sp³-hybridized carbons (Fsp3) is 0.100. The molecule has 1 aromatic carbocycles. The lowest BCUT2D eigenvalue weighted by Crippen LogP contribution is -2.16. The van der Waals surface area contributed by atoms with Crippen molar-refractivity contribution in [2.24, 2.45) is 0 Å². The van der Waals surface area contributed by atoms with Crippen LogP contribution in [0.4, 0.5) is 10.2 Å². The molecular formula is C20H16FN5OS. The van der Waals surface area contributed by atoms with E-state index < -0.39 is 11.7 Å². The summed E-state index contributed by atoms with van der Waals surface area (Å²) >= 11 is 1.50. The smallest absolute Gasteiger partial charge is 0.260 e. The molecule has 0 aliphatic heterocycles. The molecule has 140 valence electrons. The Morgan fingerprint density at radius 3 is 2.71 bits per heavy atom. The van der Waals surface area contributed by atoms with Crippen LogP contribution in [0.15, 0.2) is 54.3 Å². The highest BCUT2D eigenvalue weighted by molar-refractivity contribution is 7.12. The van der Waals surface area contributed by atoms with Crippen LogP contribution in [0.2, 0.25) is 0 Å². The first-order valence-electron chi connectivity index (χ1n) is 8.52. The van der Waals surface area contributed by atoms with Crippen molar-refractivity contribution in [1.82, 2.24) is 19.7 Å². The van der Waals surface area contributed by atoms with Crippen molar-refractivity contribution in [2.75, 3.05) is 5.32 Å². The van der Waals surface area contributed by atoms with Crippen molar-refractivity contribution in [1.29, 1.82) is 0 Å². The van der Waals surface area contributed by atoms with Gasteiger partial charge >= 0.3 is 0 Å². The van der Waals surface area contributed by atoms with Crippen molar-refractivity contribution in [3.05, 3.63) is 76.9 Å². The van der Waals surface area contributed by atoms with E-state index in [2.05, 4.69) is 20.4 Å². The molecule has 4 aromatic rings. The molecule has 1 N–H and O–H groups in total. The van der Waals surface area contributed by atoms with Gasteiger partial charge in [0.2, 0.25) is 5.13 Å². The molecule has 0 aliphatic rings. The molecule has 3 heterocycles. The van der Waals surface area contributed by atoms with Gasteiger partial charge < -0.3 is 5.32 Å². The molecule has 0 fully saturated rings. The number of nitrogens with one attached hydrogen (secondary N) is 1. The first-order chi connectivity index (χ1) is 13.5. The summed E-state index contributed by atoms with van der Waals surface area (Å²) in [5, 5.41) is 9.80. The van der Waals surface area contributed by atoms with Gasteiger partial charge in [0, 0.05) is 35.1 Å². The van der Waals surface area contributed by atoms with E-state index in [4.69, 9.17) is 0 Å². The Labute approximate surface area is 164 Å². The van der Waals surface area contributed by atoms with Crippen molar-refractivity contribution in [3.63, 3.8) is 0 Å². The average molecular weight is 393 g/mol. The van der Waals surface area contributed by atoms with E-state index in [0.29, 0.717) is 11.4 Å². The van der Waals surface area contributed by atoms with Crippen LogP contribution in [-0.2, 0) is 0 Å². The van der Waals surface area contributed by atoms with Crippen LogP contribution in [0.3, 0.4) is 0 Å². The maximum Gasteiger partial charge on any atom is 0.260 e. The van der Waals surface area contributed by atoms with E-state index in [1.165, 1.54) is 17.4 Å². The standard InChI is InChI=1S/C20H16FN5OS/c1-12-4-3-5-16(21)18(12)19(27)24-17-7-6-14(10-23-17)15-11-26(25-13(15)2)20-22-8-9-28-20/h3-11H,1-2H3,(H,23,24,27). The summed E-state index contributed by atoms with van der Waals surface area (Å²) in [4.78, 5) is 20.9. The Morgan fingerprint density at radius 1 is 1.18 bits per heavy atom. The molecule has 0 saturated heterocycles. The van der Waals surface area contributed by atoms with Crippen LogP contribution >= 0.6 is 11.3 Å². The third-order valence-corrected chi connectivity index (χ3v) is 5.04. The summed E-state index contributed by atoms with van der Waals surface area (Å²) in [5.41, 5.74) is 3.22. The fourth-order valence-corrected chi connectivity index (χ4v) is 3.46. The molecule has 0 spiro atoms. The molecule has 0 saturated carbocycles. The van der Waals surface area contributed by atoms with Gasteiger partial charge in [-0.15, -0.1) is 11.3 Å². The topological polar surface area (TPSA) is 72.7 Å². The summed E-state index contributed by atoms with van der Waals surface area (Å²) in [6, 6.07) is 8.05. The van der Waals surface area contributed by atoms with Gasteiger partial charge in [0.15, 0.2) is 0 Å². The number of nitrogens with zero attached hydrogens (tertiary/aromatic N) is 4. The van der Waals surface area contributed by atoms with E-state index >= 15 is 0 Å². The highest BCUT2D eigenvalue weighted by Crippen LogP contribution is 2.25. The van der Waals surface area contributed by atoms with Crippen LogP contribution in [0.1, 0.15) is 21.6 Å². The Kier molecular flexibility index (Phi) is 4.70. The van der Waals surface area contributed by atoms with E-state index in [1.807, 2.05) is 24.6 Å². The number of anilines is 1. The van der Waals surface area contributed by atoms with Crippen molar-refractivity contribution >= 4 is 23.1 Å². The number of aromatic nitrogens is 4. The molecule has 0 atom stereocenters. The van der Waals surface area contributed by atoms with Crippen LogP contribution in [0.5, 0.6) is 0 Å². The second kappa shape index (κ2) is 7.32. The van der Waals surface area contributed by atoms with Gasteiger partial charge in [-0.2, -0.15) is 5.10 Å². The van der Waals surface area contributed by atoms with Gasteiger partial charge in [-0.25, -0.2) is 19.0 Å². The first-order valence-corrected chi connectivity index (χ1v) is 9.40. The third-order valence-electron chi connectivity index (χ3n) is 4.28. The molecule has 0 unspecified atom stereocenters. The van der Waals surface area contributed by atoms with Crippen molar-refractivity contribution in [3.8, 4) is 16.3 Å². The number of pyridine rings is 1. The maximum atomic E-state index is 14.0. The molecule has 6 nitrogen and oxygen atoms in total. The fourth-order valence-electron chi connectivity index (χ4n) is 2.90. The van der Waals surface area contributed by atoms with E-state index in [-0.39, 0.29) is 5.56 Å². The minimum atomic E-state index is -0.556. The molecular weight excluding hydrogens is 377 g/mol. The zero-order valence-electron chi connectivity index (χ0n) is 15.2. The Morgan fingerprint density at radius 2 is 2.04 bits per heavy atom. The number of carbonyl (C=O) groups excluding carboxylic acids is 1. The van der Waals surface area contributed by atoms with Crippen LogP contribution < -0.4 is 5.32 Å². The average Bonchev–Trinajstić information content (AvgIpc) is 3.32. The summed E-state index contributed by atoms with van der Waals surface area (Å²) < 4.78 is 15.7. The second-order valence-corrected chi connectivity index (χ2v) is 7.08. The monoisotopic (exact) mass is 393 g/mol. The lowest BCUT2D eigenvalue weighted by atomic mass is 10.1. The minimum Gasteiger partial charge on any atom is -0.306 e. The van der Waals surface area contributed by atoms with Crippen molar-refractivity contribution in [2.45, 2.75) is 13.8 Å². The number of halogens is 1. The van der Waals surface area contributed by atoms with Gasteiger partial charge in [-0.3, -0.25) is 4.79 Å². The summed E-state index contributed by atoms with van der Waals surface area (Å²) in [7, 11) is 0. The molecule has 0 aliphatic carbocycles. The van der Waals surface area contributed by atoms with Crippen LogP contribution in [0.25, 0.3) is 16.3 Å². The van der Waals surface area contributed by atoms with Gasteiger partial charge in [0.1, 0.15) is 11.6 Å². The number of carbonyl (C=O) groups is 1. The van der Waals surface area contributed by atoms with E-state index in [9.17, 15) is 9.18 Å². The number of amides is 1. The van der Waals surface area contributed by atoms with E-state index in [1.54, 1.807) is 42.2 Å². The summed E-state index contributed by atoms with van der Waals surface area (Å²) in [6.45, 7) is 3.60. The predicted molar refractivity (Wildman–Crippen MR) is 106 cm³/mol. The predicted octanol–water partition coefficient (Wildman–Crippen LogP) is 4.40. The van der Waals surface area contributed by atoms with Gasteiger partial charge in [-0.05, 0) is 37.6 Å². The maximum absolute atomic E-state index is 14.0. The molecule has 3 aromatic heterocycles. The molecule has 0 bridgehead atoms. The van der Waals surface area contributed by atoms with Crippen molar-refractivity contribution < 1.29 is 9.18 Å². The first kappa shape index (κ1) is 18.0. The van der Waals surface area contributed by atoms with Gasteiger partial charge in [0.25, 0.3) is 5.91 Å². The quantitative estimate of drug-likeness (QED) is 0.558. The normalized spacial score (nSPS) is 10.8. The lowest BCUT2D eigenvalue weighted by Gasteiger charge is -2.08. The summed E-state index contributed by atoms with van der Waals surface area (Å²) in [6.07, 6.45) is 5.28. The highest BCUT2D eigenvalue weighted by atomic mass is 32.1. The van der Waals surface area contributed by atoms with E-state index in [0.717, 1.165) is 22.0 Å². The molecule has 0 radical (unpaired) electrons. The molecule has 28 heavy (non-hydrogen) atoms. The number of hydrogen-bond acceptors (Lipinski definition) is 5. The van der Waals surface area contributed by atoms with Gasteiger partial charge in [0.05, 0.1) is 11.3 Å². The molecule has 1 amide bonds. The Balaban J connectivity index is 1.56. The van der Waals surface area contributed by atoms with Crippen LogP contribution in [-0.4, -0.2) is 25.7 Å². The SMILES string of the molecule is Cc1cccc(F)c1C(=O)Nc1ccc(-c2cn(-c3nccs3)nc2C)cn1. The lowest BCUT2D eigenvalue weighted by molar-refractivity contribution is 0.102. The van der Waals surface area contributed by atoms with Gasteiger partial charge in [-0.1, -0.05) is 12.1 Å². The zero-order chi connectivity index (χ0) is 19.7. The number of thiazole rings is 1. The number of hydrogen-bond donors (Lipinski definition) is 1. The molecule has 4 rings (SSSR count). The summed E-state index contributed by atoms with van der Waals surface area (Å²) in [5.74, 6) is -0.732. The highest BCUT2D eigenvalue weighted by Gasteiger charge is 2.15. The zero-order valence-corrected chi connectivity index (χ0v) is 16.0. The Hall–Kier alpha value is -3.39. The number of aryl methyl sites for hydroxylation is 2. The largest absolute Gasteiger partial charge is 0.306 e. The second-order valence-electron chi connectivity index (χ2n) is 6.21. The minimum absolute atomic E-state index is 0.0222. The molecule has 8 heteroatoms. The third kappa shape index (κ3) is 3.41. The Bertz CT molecular complexity index is 1120. The van der Waals surface area contributed by atoms with Crippen LogP contribution in [0, 0.1) is 19.7 Å².